The summed E-state index contributed by atoms with van der Waals surface area (Å²) in [5.74, 6) is 0.0646. The summed E-state index contributed by atoms with van der Waals surface area (Å²) in [5, 5.41) is 2.72. The first-order chi connectivity index (χ1) is 9.00. The minimum Gasteiger partial charge on any atom is -0.370 e. The van der Waals surface area contributed by atoms with E-state index in [0.29, 0.717) is 12.1 Å². The molecule has 1 saturated heterocycles. The lowest BCUT2D eigenvalue weighted by Crippen LogP contribution is -2.39. The van der Waals surface area contributed by atoms with E-state index in [4.69, 9.17) is 0 Å². The molecule has 1 aliphatic rings. The van der Waals surface area contributed by atoms with Crippen molar-refractivity contribution in [2.75, 3.05) is 25.0 Å². The molecule has 1 aromatic rings. The standard InChI is InChI=1S/C15H20N2O2/c1-11-4-5-13(12(8-11)9-18)17-7-6-15(2,10-17)14(19)16-3/h4-5,8-9H,6-7,10H2,1-3H3,(H,16,19). The van der Waals surface area contributed by atoms with Gasteiger partial charge in [0, 0.05) is 31.4 Å². The molecule has 102 valence electrons. The van der Waals surface area contributed by atoms with Gasteiger partial charge in [-0.3, -0.25) is 9.59 Å². The summed E-state index contributed by atoms with van der Waals surface area (Å²) in [7, 11) is 1.67. The van der Waals surface area contributed by atoms with Crippen LogP contribution in [-0.4, -0.2) is 32.3 Å². The molecule has 0 saturated carbocycles. The Morgan fingerprint density at radius 3 is 2.84 bits per heavy atom. The van der Waals surface area contributed by atoms with E-state index in [1.165, 1.54) is 0 Å². The maximum Gasteiger partial charge on any atom is 0.227 e. The molecule has 0 bridgehead atoms. The quantitative estimate of drug-likeness (QED) is 0.843. The monoisotopic (exact) mass is 260 g/mol. The van der Waals surface area contributed by atoms with Crippen molar-refractivity contribution in [2.45, 2.75) is 20.3 Å². The fourth-order valence-corrected chi connectivity index (χ4v) is 2.71. The third kappa shape index (κ3) is 2.48. The summed E-state index contributed by atoms with van der Waals surface area (Å²) in [6, 6.07) is 5.85. The average Bonchev–Trinajstić information content (AvgIpc) is 2.81. The Bertz CT molecular complexity index is 513. The Kier molecular flexibility index (Phi) is 3.60. The van der Waals surface area contributed by atoms with Crippen molar-refractivity contribution in [1.29, 1.82) is 0 Å². The number of rotatable bonds is 3. The van der Waals surface area contributed by atoms with Crippen LogP contribution in [0.5, 0.6) is 0 Å². The molecule has 1 N–H and O–H groups in total. The molecule has 2 rings (SSSR count). The number of amides is 1. The van der Waals surface area contributed by atoms with Crippen molar-refractivity contribution < 1.29 is 9.59 Å². The molecule has 1 heterocycles. The molecule has 0 radical (unpaired) electrons. The second-order valence-electron chi connectivity index (χ2n) is 5.49. The van der Waals surface area contributed by atoms with E-state index in [-0.39, 0.29) is 11.3 Å². The number of nitrogens with zero attached hydrogens (tertiary/aromatic N) is 1. The van der Waals surface area contributed by atoms with Crippen LogP contribution in [0.1, 0.15) is 29.3 Å². The Hall–Kier alpha value is -1.84. The van der Waals surface area contributed by atoms with Crippen LogP contribution < -0.4 is 10.2 Å². The zero-order chi connectivity index (χ0) is 14.0. The summed E-state index contributed by atoms with van der Waals surface area (Å²) in [4.78, 5) is 25.2. The highest BCUT2D eigenvalue weighted by Gasteiger charge is 2.40. The van der Waals surface area contributed by atoms with Crippen LogP contribution in [0.15, 0.2) is 18.2 Å². The summed E-state index contributed by atoms with van der Waals surface area (Å²) < 4.78 is 0. The Morgan fingerprint density at radius 1 is 1.47 bits per heavy atom. The first-order valence-corrected chi connectivity index (χ1v) is 6.53. The number of aldehydes is 1. The predicted molar refractivity (Wildman–Crippen MR) is 75.6 cm³/mol. The van der Waals surface area contributed by atoms with Crippen LogP contribution in [-0.2, 0) is 4.79 Å². The van der Waals surface area contributed by atoms with Gasteiger partial charge in [-0.25, -0.2) is 0 Å². The van der Waals surface area contributed by atoms with E-state index in [9.17, 15) is 9.59 Å². The smallest absolute Gasteiger partial charge is 0.227 e. The van der Waals surface area contributed by atoms with Gasteiger partial charge in [-0.15, -0.1) is 0 Å². The maximum atomic E-state index is 11.9. The maximum absolute atomic E-state index is 11.9. The molecule has 0 aliphatic carbocycles. The number of benzene rings is 1. The number of carbonyl (C=O) groups excluding carboxylic acids is 2. The number of nitrogens with one attached hydrogen (secondary N) is 1. The third-order valence-electron chi connectivity index (χ3n) is 3.90. The lowest BCUT2D eigenvalue weighted by molar-refractivity contribution is -0.128. The van der Waals surface area contributed by atoms with E-state index in [1.807, 2.05) is 32.0 Å². The predicted octanol–water partition coefficient (Wildman–Crippen LogP) is 1.77. The first-order valence-electron chi connectivity index (χ1n) is 6.53. The average molecular weight is 260 g/mol. The Balaban J connectivity index is 2.26. The highest BCUT2D eigenvalue weighted by atomic mass is 16.2. The van der Waals surface area contributed by atoms with E-state index in [1.54, 1.807) is 7.05 Å². The number of hydrogen-bond donors (Lipinski definition) is 1. The number of carbonyl (C=O) groups is 2. The second kappa shape index (κ2) is 5.03. The van der Waals surface area contributed by atoms with E-state index in [2.05, 4.69) is 10.2 Å². The van der Waals surface area contributed by atoms with Gasteiger partial charge in [-0.1, -0.05) is 11.6 Å². The lowest BCUT2D eigenvalue weighted by Gasteiger charge is -2.24. The molecule has 19 heavy (non-hydrogen) atoms. The van der Waals surface area contributed by atoms with Crippen molar-refractivity contribution in [3.05, 3.63) is 29.3 Å². The minimum atomic E-state index is -0.375. The summed E-state index contributed by atoms with van der Waals surface area (Å²) >= 11 is 0. The third-order valence-corrected chi connectivity index (χ3v) is 3.90. The molecule has 4 heteroatoms. The van der Waals surface area contributed by atoms with Crippen molar-refractivity contribution in [1.82, 2.24) is 5.32 Å². The molecule has 1 unspecified atom stereocenters. The highest BCUT2D eigenvalue weighted by molar-refractivity contribution is 5.87. The molecule has 1 aromatic carbocycles. The van der Waals surface area contributed by atoms with E-state index < -0.39 is 0 Å². The van der Waals surface area contributed by atoms with Crippen molar-refractivity contribution >= 4 is 17.9 Å². The zero-order valence-corrected chi connectivity index (χ0v) is 11.7. The summed E-state index contributed by atoms with van der Waals surface area (Å²) in [6.45, 7) is 5.39. The van der Waals surface area contributed by atoms with Crippen LogP contribution in [0, 0.1) is 12.3 Å². The topological polar surface area (TPSA) is 49.4 Å². The number of aryl methyl sites for hydroxylation is 1. The van der Waals surface area contributed by atoms with Gasteiger partial charge in [0.2, 0.25) is 5.91 Å². The van der Waals surface area contributed by atoms with E-state index >= 15 is 0 Å². The first kappa shape index (κ1) is 13.6. The fourth-order valence-electron chi connectivity index (χ4n) is 2.71. The fraction of sp³-hybridized carbons (Fsp3) is 0.467. The van der Waals surface area contributed by atoms with Gasteiger partial charge < -0.3 is 10.2 Å². The van der Waals surface area contributed by atoms with Gasteiger partial charge in [0.25, 0.3) is 0 Å². The Labute approximate surface area is 113 Å². The lowest BCUT2D eigenvalue weighted by atomic mass is 9.89. The molecule has 1 atom stereocenters. The van der Waals surface area contributed by atoms with Crippen molar-refractivity contribution in [2.24, 2.45) is 5.41 Å². The van der Waals surface area contributed by atoms with Crippen LogP contribution in [0.2, 0.25) is 0 Å². The molecular weight excluding hydrogens is 240 g/mol. The van der Waals surface area contributed by atoms with E-state index in [0.717, 1.165) is 30.5 Å². The van der Waals surface area contributed by atoms with Gasteiger partial charge in [0.1, 0.15) is 0 Å². The SMILES string of the molecule is CNC(=O)C1(C)CCN(c2ccc(C)cc2C=O)C1. The Morgan fingerprint density at radius 2 is 2.21 bits per heavy atom. The highest BCUT2D eigenvalue weighted by Crippen LogP contribution is 2.34. The van der Waals surface area contributed by atoms with Crippen molar-refractivity contribution in [3.8, 4) is 0 Å². The molecular formula is C15H20N2O2. The number of hydrogen-bond acceptors (Lipinski definition) is 3. The second-order valence-corrected chi connectivity index (χ2v) is 5.49. The largest absolute Gasteiger partial charge is 0.370 e. The van der Waals surface area contributed by atoms with Crippen molar-refractivity contribution in [3.63, 3.8) is 0 Å². The molecule has 0 spiro atoms. The zero-order valence-electron chi connectivity index (χ0n) is 11.7. The summed E-state index contributed by atoms with van der Waals surface area (Å²) in [6.07, 6.45) is 1.69. The molecule has 4 nitrogen and oxygen atoms in total. The minimum absolute atomic E-state index is 0.0646. The van der Waals surface area contributed by atoms with Gasteiger partial charge >= 0.3 is 0 Å². The summed E-state index contributed by atoms with van der Waals surface area (Å²) in [5.41, 5.74) is 2.31. The van der Waals surface area contributed by atoms with Crippen LogP contribution >= 0.6 is 0 Å². The molecule has 1 fully saturated rings. The van der Waals surface area contributed by atoms with Crippen LogP contribution in [0.25, 0.3) is 0 Å². The normalized spacial score (nSPS) is 22.4. The van der Waals surface area contributed by atoms with Gasteiger partial charge in [-0.2, -0.15) is 0 Å². The van der Waals surface area contributed by atoms with Gasteiger partial charge in [0.05, 0.1) is 5.41 Å². The van der Waals surface area contributed by atoms with Crippen LogP contribution in [0.3, 0.4) is 0 Å². The van der Waals surface area contributed by atoms with Gasteiger partial charge in [-0.05, 0) is 32.4 Å². The van der Waals surface area contributed by atoms with Gasteiger partial charge in [0.15, 0.2) is 6.29 Å². The number of anilines is 1. The molecule has 0 aromatic heterocycles. The van der Waals surface area contributed by atoms with Crippen LogP contribution in [0.4, 0.5) is 5.69 Å². The molecule has 1 amide bonds. The molecule has 1 aliphatic heterocycles.